The molecule has 0 aromatic carbocycles. The van der Waals surface area contributed by atoms with Crippen LogP contribution >= 0.6 is 0 Å². The Morgan fingerprint density at radius 2 is 2.19 bits per heavy atom. The Bertz CT molecular complexity index is 243. The largest absolute Gasteiger partial charge is 0.380 e. The molecule has 2 atom stereocenters. The molecule has 5 nitrogen and oxygen atoms in total. The average molecular weight is 230 g/mol. The summed E-state index contributed by atoms with van der Waals surface area (Å²) in [7, 11) is 3.31. The van der Waals surface area contributed by atoms with E-state index in [9.17, 15) is 4.79 Å². The lowest BCUT2D eigenvalue weighted by molar-refractivity contribution is -0.124. The van der Waals surface area contributed by atoms with Gasteiger partial charge in [-0.2, -0.15) is 0 Å². The van der Waals surface area contributed by atoms with E-state index >= 15 is 0 Å². The normalized spacial score (nSPS) is 25.8. The molecule has 1 fully saturated rings. The van der Waals surface area contributed by atoms with Crippen LogP contribution in [-0.4, -0.2) is 51.0 Å². The third kappa shape index (κ3) is 3.73. The number of carbonyl (C=O) groups excluding carboxylic acids is 1. The van der Waals surface area contributed by atoms with Gasteiger partial charge in [-0.15, -0.1) is 0 Å². The molecule has 1 aliphatic rings. The first-order chi connectivity index (χ1) is 7.48. The first-order valence-electron chi connectivity index (χ1n) is 5.57. The molecule has 1 aliphatic heterocycles. The van der Waals surface area contributed by atoms with Gasteiger partial charge in [0, 0.05) is 27.3 Å². The summed E-state index contributed by atoms with van der Waals surface area (Å²) in [6.45, 7) is 5.13. The first-order valence-corrected chi connectivity index (χ1v) is 5.57. The molecule has 0 spiro atoms. The fourth-order valence-electron chi connectivity index (χ4n) is 1.58. The number of amides is 1. The molecule has 94 valence electrons. The smallest absolute Gasteiger partial charge is 0.237 e. The summed E-state index contributed by atoms with van der Waals surface area (Å²) in [5, 5.41) is 6.01. The molecule has 0 aromatic heterocycles. The van der Waals surface area contributed by atoms with E-state index in [-0.39, 0.29) is 23.7 Å². The minimum atomic E-state index is -0.324. The summed E-state index contributed by atoms with van der Waals surface area (Å²) < 4.78 is 10.4. The monoisotopic (exact) mass is 230 g/mol. The van der Waals surface area contributed by atoms with Crippen LogP contribution in [-0.2, 0) is 14.3 Å². The lowest BCUT2D eigenvalue weighted by Gasteiger charge is -2.24. The lowest BCUT2D eigenvalue weighted by atomic mass is 10.1. The summed E-state index contributed by atoms with van der Waals surface area (Å²) >= 11 is 0. The maximum Gasteiger partial charge on any atom is 0.237 e. The summed E-state index contributed by atoms with van der Waals surface area (Å²) in [5.74, 6) is 0.0182. The predicted molar refractivity (Wildman–Crippen MR) is 61.3 cm³/mol. The van der Waals surface area contributed by atoms with Crippen molar-refractivity contribution in [3.63, 3.8) is 0 Å². The van der Waals surface area contributed by atoms with Crippen LogP contribution in [0, 0.1) is 0 Å². The minimum absolute atomic E-state index is 0.0182. The number of rotatable bonds is 5. The Balaban J connectivity index is 2.31. The molecule has 1 amide bonds. The van der Waals surface area contributed by atoms with Gasteiger partial charge in [-0.3, -0.25) is 4.79 Å². The van der Waals surface area contributed by atoms with Gasteiger partial charge in [0.25, 0.3) is 0 Å². The zero-order chi connectivity index (χ0) is 12.2. The van der Waals surface area contributed by atoms with Crippen LogP contribution in [0.1, 0.15) is 20.3 Å². The Morgan fingerprint density at radius 1 is 1.50 bits per heavy atom. The highest BCUT2D eigenvalue weighted by atomic mass is 16.5. The Labute approximate surface area is 96.9 Å². The van der Waals surface area contributed by atoms with Gasteiger partial charge >= 0.3 is 0 Å². The summed E-state index contributed by atoms with van der Waals surface area (Å²) in [6, 6.07) is -0.141. The van der Waals surface area contributed by atoms with E-state index in [0.717, 1.165) is 13.0 Å². The molecule has 2 unspecified atom stereocenters. The summed E-state index contributed by atoms with van der Waals surface area (Å²) in [6.07, 6.45) is 0.877. The Hall–Kier alpha value is -0.650. The number of hydrogen-bond donors (Lipinski definition) is 2. The van der Waals surface area contributed by atoms with Crippen molar-refractivity contribution in [2.45, 2.75) is 38.0 Å². The quantitative estimate of drug-likeness (QED) is 0.692. The van der Waals surface area contributed by atoms with Gasteiger partial charge in [0.2, 0.25) is 5.91 Å². The van der Waals surface area contributed by atoms with Crippen molar-refractivity contribution in [1.29, 1.82) is 0 Å². The predicted octanol–water partition coefficient (Wildman–Crippen LogP) is -0.0955. The van der Waals surface area contributed by atoms with Crippen LogP contribution in [0.3, 0.4) is 0 Å². The fourth-order valence-corrected chi connectivity index (χ4v) is 1.58. The van der Waals surface area contributed by atoms with Crippen LogP contribution in [0.15, 0.2) is 0 Å². The maximum atomic E-state index is 11.8. The highest BCUT2D eigenvalue weighted by Gasteiger charge is 2.30. The third-order valence-electron chi connectivity index (χ3n) is 2.98. The molecule has 16 heavy (non-hydrogen) atoms. The van der Waals surface area contributed by atoms with Crippen molar-refractivity contribution in [3.8, 4) is 0 Å². The molecule has 1 rings (SSSR count). The second-order valence-electron chi connectivity index (χ2n) is 4.74. The van der Waals surface area contributed by atoms with Gasteiger partial charge < -0.3 is 20.1 Å². The van der Waals surface area contributed by atoms with E-state index in [1.165, 1.54) is 0 Å². The SMILES string of the molecule is COC1CNC(C(=O)NCC(C)(C)OC)C1. The van der Waals surface area contributed by atoms with Crippen molar-refractivity contribution < 1.29 is 14.3 Å². The van der Waals surface area contributed by atoms with Crippen LogP contribution in [0.4, 0.5) is 0 Å². The van der Waals surface area contributed by atoms with Crippen molar-refractivity contribution >= 4 is 5.91 Å². The Kier molecular flexibility index (Phi) is 4.70. The highest BCUT2D eigenvalue weighted by Crippen LogP contribution is 2.10. The number of ether oxygens (including phenoxy) is 2. The molecular formula is C11H22N2O3. The van der Waals surface area contributed by atoms with E-state index in [1.807, 2.05) is 13.8 Å². The van der Waals surface area contributed by atoms with Crippen molar-refractivity contribution in [2.75, 3.05) is 27.3 Å². The maximum absolute atomic E-state index is 11.8. The van der Waals surface area contributed by atoms with E-state index in [0.29, 0.717) is 6.54 Å². The van der Waals surface area contributed by atoms with Crippen LogP contribution in [0.2, 0.25) is 0 Å². The lowest BCUT2D eigenvalue weighted by Crippen LogP contribution is -2.46. The van der Waals surface area contributed by atoms with Gasteiger partial charge in [-0.05, 0) is 20.3 Å². The topological polar surface area (TPSA) is 59.6 Å². The fraction of sp³-hybridized carbons (Fsp3) is 0.909. The standard InChI is InChI=1S/C11H22N2O3/c1-11(2,16-4)7-13-10(14)9-5-8(15-3)6-12-9/h8-9,12H,5-7H2,1-4H3,(H,13,14). The molecule has 0 radical (unpaired) electrons. The molecule has 2 N–H and O–H groups in total. The number of hydrogen-bond acceptors (Lipinski definition) is 4. The second kappa shape index (κ2) is 5.61. The number of carbonyl (C=O) groups is 1. The van der Waals surface area contributed by atoms with Crippen LogP contribution in [0.25, 0.3) is 0 Å². The van der Waals surface area contributed by atoms with E-state index in [2.05, 4.69) is 10.6 Å². The van der Waals surface area contributed by atoms with Crippen molar-refractivity contribution in [3.05, 3.63) is 0 Å². The second-order valence-corrected chi connectivity index (χ2v) is 4.74. The number of methoxy groups -OCH3 is 2. The van der Waals surface area contributed by atoms with Gasteiger partial charge in [-0.25, -0.2) is 0 Å². The molecule has 0 bridgehead atoms. The molecule has 0 aliphatic carbocycles. The molecule has 5 heteroatoms. The van der Waals surface area contributed by atoms with Crippen LogP contribution in [0.5, 0.6) is 0 Å². The van der Waals surface area contributed by atoms with E-state index in [1.54, 1.807) is 14.2 Å². The van der Waals surface area contributed by atoms with E-state index in [4.69, 9.17) is 9.47 Å². The molecular weight excluding hydrogens is 208 g/mol. The summed E-state index contributed by atoms with van der Waals surface area (Å²) in [4.78, 5) is 11.8. The van der Waals surface area contributed by atoms with Gasteiger partial charge in [-0.1, -0.05) is 0 Å². The average Bonchev–Trinajstić information content (AvgIpc) is 2.74. The zero-order valence-corrected chi connectivity index (χ0v) is 10.5. The zero-order valence-electron chi connectivity index (χ0n) is 10.5. The summed E-state index contributed by atoms with van der Waals surface area (Å²) in [5.41, 5.74) is -0.324. The highest BCUT2D eigenvalue weighted by molar-refractivity contribution is 5.82. The molecule has 1 heterocycles. The Morgan fingerprint density at radius 3 is 2.69 bits per heavy atom. The van der Waals surface area contributed by atoms with Gasteiger partial charge in [0.15, 0.2) is 0 Å². The molecule has 1 saturated heterocycles. The van der Waals surface area contributed by atoms with Crippen molar-refractivity contribution in [2.24, 2.45) is 0 Å². The van der Waals surface area contributed by atoms with Crippen molar-refractivity contribution in [1.82, 2.24) is 10.6 Å². The minimum Gasteiger partial charge on any atom is -0.380 e. The third-order valence-corrected chi connectivity index (χ3v) is 2.98. The molecule has 0 aromatic rings. The first kappa shape index (κ1) is 13.4. The van der Waals surface area contributed by atoms with E-state index < -0.39 is 0 Å². The molecule has 0 saturated carbocycles. The number of nitrogens with one attached hydrogen (secondary N) is 2. The van der Waals surface area contributed by atoms with Gasteiger partial charge in [0.05, 0.1) is 17.7 Å². The van der Waals surface area contributed by atoms with Crippen LogP contribution < -0.4 is 10.6 Å². The van der Waals surface area contributed by atoms with Gasteiger partial charge in [0.1, 0.15) is 0 Å².